The van der Waals surface area contributed by atoms with Crippen molar-refractivity contribution in [3.63, 3.8) is 0 Å². The number of amides is 1. The maximum atomic E-state index is 11.5. The van der Waals surface area contributed by atoms with Crippen LogP contribution in [0, 0.1) is 23.7 Å². The molecule has 0 heterocycles. The van der Waals surface area contributed by atoms with E-state index in [1.807, 2.05) is 46.8 Å². The van der Waals surface area contributed by atoms with Crippen LogP contribution in [-0.2, 0) is 16.1 Å². The summed E-state index contributed by atoms with van der Waals surface area (Å²) in [5, 5.41) is 19.2. The number of hydrogen-bond acceptors (Lipinski definition) is 6. The minimum atomic E-state index is -0.515. The first-order valence-corrected chi connectivity index (χ1v) is 10.1. The van der Waals surface area contributed by atoms with Gasteiger partial charge in [0.15, 0.2) is 0 Å². The Morgan fingerprint density at radius 3 is 2.26 bits per heavy atom. The average Bonchev–Trinajstić information content (AvgIpc) is 2.73. The number of carbonyl (C=O) groups is 1. The third-order valence-electron chi connectivity index (χ3n) is 3.03. The van der Waals surface area contributed by atoms with Gasteiger partial charge in [-0.2, -0.15) is 0 Å². The van der Waals surface area contributed by atoms with Crippen molar-refractivity contribution in [2.75, 3.05) is 33.5 Å². The second-order valence-electron chi connectivity index (χ2n) is 6.55. The molecule has 1 aromatic rings. The van der Waals surface area contributed by atoms with E-state index in [4.69, 9.17) is 24.4 Å². The summed E-state index contributed by atoms with van der Waals surface area (Å²) in [5.74, 6) is 11.0. The molecule has 0 unspecified atom stereocenters. The van der Waals surface area contributed by atoms with Crippen LogP contribution >= 0.6 is 0 Å². The Hall–Kier alpha value is -2.71. The molecular formula is C24H37NO6. The number of alkyl carbamates (subject to hydrolysis) is 1. The van der Waals surface area contributed by atoms with Crippen LogP contribution in [0.15, 0.2) is 18.2 Å². The molecule has 174 valence electrons. The van der Waals surface area contributed by atoms with Gasteiger partial charge in [0.25, 0.3) is 0 Å². The average molecular weight is 436 g/mol. The second kappa shape index (κ2) is 19.3. The van der Waals surface area contributed by atoms with Crippen LogP contribution in [0.25, 0.3) is 0 Å². The summed E-state index contributed by atoms with van der Waals surface area (Å²) in [6.07, 6.45) is -0.463. The maximum Gasteiger partial charge on any atom is 0.407 e. The van der Waals surface area contributed by atoms with Gasteiger partial charge in [-0.3, -0.25) is 0 Å². The number of ether oxygens (including phenoxy) is 3. The Balaban J connectivity index is 0. The monoisotopic (exact) mass is 435 g/mol. The quantitative estimate of drug-likeness (QED) is 0.469. The van der Waals surface area contributed by atoms with Crippen molar-refractivity contribution in [1.82, 2.24) is 5.32 Å². The lowest BCUT2D eigenvalue weighted by Gasteiger charge is -2.19. The van der Waals surface area contributed by atoms with Crippen LogP contribution in [-0.4, -0.2) is 55.4 Å². The second-order valence-corrected chi connectivity index (χ2v) is 6.55. The Morgan fingerprint density at radius 2 is 1.77 bits per heavy atom. The zero-order valence-electron chi connectivity index (χ0n) is 19.8. The molecule has 7 nitrogen and oxygen atoms in total. The standard InChI is InChI=1S/C18H25NO5.C4H6O.C2H6/c1-18(2,3)24-17(21)19-9-11-23-13-15-8-7-14(6-5-10-20)12-16(15)22-4;1-2-3-4-5;1-2/h7-8,12,20H,9-11,13H2,1-4H3,(H,19,21);5H,4H2,1H3;1-2H3. The molecule has 0 fully saturated rings. The third-order valence-corrected chi connectivity index (χ3v) is 3.03. The van der Waals surface area contributed by atoms with Gasteiger partial charge in [0.1, 0.15) is 24.6 Å². The fraction of sp³-hybridized carbons (Fsp3) is 0.542. The van der Waals surface area contributed by atoms with Gasteiger partial charge in [0.05, 0.1) is 20.3 Å². The molecule has 0 spiro atoms. The number of carbonyl (C=O) groups excluding carboxylic acids is 1. The van der Waals surface area contributed by atoms with Crippen LogP contribution in [0.4, 0.5) is 4.79 Å². The topological polar surface area (TPSA) is 97.3 Å². The summed E-state index contributed by atoms with van der Waals surface area (Å²) in [7, 11) is 1.58. The van der Waals surface area contributed by atoms with E-state index in [1.165, 1.54) is 0 Å². The highest BCUT2D eigenvalue weighted by atomic mass is 16.6. The Morgan fingerprint density at radius 1 is 1.13 bits per heavy atom. The molecule has 7 heteroatoms. The molecule has 0 atom stereocenters. The summed E-state index contributed by atoms with van der Waals surface area (Å²) < 4.78 is 16.0. The van der Waals surface area contributed by atoms with Gasteiger partial charge in [-0.15, -0.1) is 5.92 Å². The van der Waals surface area contributed by atoms with E-state index in [0.717, 1.165) is 11.1 Å². The van der Waals surface area contributed by atoms with E-state index in [2.05, 4.69) is 29.0 Å². The van der Waals surface area contributed by atoms with Crippen LogP contribution in [0.1, 0.15) is 52.7 Å². The SMILES string of the molecule is CC.CC#CCO.COc1cc(C#CCO)ccc1COCCNC(=O)OC(C)(C)C. The molecule has 0 saturated heterocycles. The van der Waals surface area contributed by atoms with Crippen LogP contribution in [0.3, 0.4) is 0 Å². The number of benzene rings is 1. The van der Waals surface area contributed by atoms with Crippen molar-refractivity contribution in [1.29, 1.82) is 0 Å². The number of rotatable bonds is 6. The van der Waals surface area contributed by atoms with Gasteiger partial charge in [-0.25, -0.2) is 4.79 Å². The summed E-state index contributed by atoms with van der Waals surface area (Å²) in [6, 6.07) is 5.49. The Bertz CT molecular complexity index is 732. The van der Waals surface area contributed by atoms with Gasteiger partial charge in [0, 0.05) is 17.7 Å². The Kier molecular flexibility index (Phi) is 18.9. The number of aliphatic hydroxyl groups excluding tert-OH is 2. The van der Waals surface area contributed by atoms with Gasteiger partial charge in [0.2, 0.25) is 0 Å². The molecule has 1 aromatic carbocycles. The van der Waals surface area contributed by atoms with Crippen LogP contribution in [0.2, 0.25) is 0 Å². The highest BCUT2D eigenvalue weighted by molar-refractivity contribution is 5.67. The maximum absolute atomic E-state index is 11.5. The Labute approximate surface area is 187 Å². The first kappa shape index (κ1) is 30.5. The van der Waals surface area contributed by atoms with E-state index >= 15 is 0 Å². The summed E-state index contributed by atoms with van der Waals surface area (Å²) in [6.45, 7) is 12.0. The number of nitrogens with one attached hydrogen (secondary N) is 1. The molecule has 0 aliphatic rings. The first-order valence-electron chi connectivity index (χ1n) is 10.1. The van der Waals surface area contributed by atoms with Crippen LogP contribution < -0.4 is 10.1 Å². The predicted molar refractivity (Wildman–Crippen MR) is 123 cm³/mol. The normalized spacial score (nSPS) is 9.19. The number of hydrogen-bond donors (Lipinski definition) is 3. The van der Waals surface area contributed by atoms with Crippen LogP contribution in [0.5, 0.6) is 5.75 Å². The van der Waals surface area contributed by atoms with Crippen molar-refractivity contribution >= 4 is 6.09 Å². The first-order chi connectivity index (χ1) is 14.8. The molecule has 0 saturated carbocycles. The molecule has 3 N–H and O–H groups in total. The smallest absolute Gasteiger partial charge is 0.407 e. The summed E-state index contributed by atoms with van der Waals surface area (Å²) >= 11 is 0. The molecular weight excluding hydrogens is 398 g/mol. The lowest BCUT2D eigenvalue weighted by molar-refractivity contribution is 0.0493. The zero-order chi connectivity index (χ0) is 24.1. The predicted octanol–water partition coefficient (Wildman–Crippen LogP) is 3.11. The largest absolute Gasteiger partial charge is 0.496 e. The summed E-state index contributed by atoms with van der Waals surface area (Å²) in [5.41, 5.74) is 1.12. The fourth-order valence-corrected chi connectivity index (χ4v) is 1.88. The minimum absolute atomic E-state index is 0.0174. The highest BCUT2D eigenvalue weighted by Crippen LogP contribution is 2.20. The van der Waals surface area contributed by atoms with E-state index in [-0.39, 0.29) is 13.2 Å². The van der Waals surface area contributed by atoms with E-state index in [0.29, 0.717) is 25.5 Å². The molecule has 0 aliphatic heterocycles. The molecule has 1 amide bonds. The van der Waals surface area contributed by atoms with Crippen molar-refractivity contribution < 1.29 is 29.2 Å². The van der Waals surface area contributed by atoms with E-state index in [1.54, 1.807) is 20.1 Å². The van der Waals surface area contributed by atoms with Crippen molar-refractivity contribution in [2.45, 2.75) is 53.8 Å². The zero-order valence-corrected chi connectivity index (χ0v) is 19.8. The van der Waals surface area contributed by atoms with Crippen molar-refractivity contribution in [2.24, 2.45) is 0 Å². The van der Waals surface area contributed by atoms with E-state index in [9.17, 15) is 4.79 Å². The van der Waals surface area contributed by atoms with Gasteiger partial charge >= 0.3 is 6.09 Å². The summed E-state index contributed by atoms with van der Waals surface area (Å²) in [4.78, 5) is 11.5. The molecule has 0 aromatic heterocycles. The molecule has 0 bridgehead atoms. The third kappa shape index (κ3) is 17.8. The number of methoxy groups -OCH3 is 1. The van der Waals surface area contributed by atoms with Gasteiger partial charge < -0.3 is 29.7 Å². The lowest BCUT2D eigenvalue weighted by Crippen LogP contribution is -2.34. The number of aliphatic hydroxyl groups is 2. The van der Waals surface area contributed by atoms with E-state index < -0.39 is 11.7 Å². The molecule has 0 radical (unpaired) electrons. The van der Waals surface area contributed by atoms with Crippen molar-refractivity contribution in [3.8, 4) is 29.4 Å². The fourth-order valence-electron chi connectivity index (χ4n) is 1.88. The van der Waals surface area contributed by atoms with Gasteiger partial charge in [-0.05, 0) is 39.8 Å². The highest BCUT2D eigenvalue weighted by Gasteiger charge is 2.15. The molecule has 31 heavy (non-hydrogen) atoms. The lowest BCUT2D eigenvalue weighted by atomic mass is 10.1. The van der Waals surface area contributed by atoms with Gasteiger partial charge in [-0.1, -0.05) is 37.7 Å². The van der Waals surface area contributed by atoms with Crippen molar-refractivity contribution in [3.05, 3.63) is 29.3 Å². The minimum Gasteiger partial charge on any atom is -0.496 e. The molecule has 0 aliphatic carbocycles. The molecule has 1 rings (SSSR count).